The van der Waals surface area contributed by atoms with Crippen molar-refractivity contribution >= 4 is 44.7 Å². The van der Waals surface area contributed by atoms with Crippen molar-refractivity contribution in [1.82, 2.24) is 13.1 Å². The molecule has 1 aromatic heterocycles. The van der Waals surface area contributed by atoms with E-state index in [0.29, 0.717) is 9.82 Å². The van der Waals surface area contributed by atoms with E-state index in [1.807, 2.05) is 0 Å². The predicted molar refractivity (Wildman–Crippen MR) is 82.0 cm³/mol. The van der Waals surface area contributed by atoms with Crippen LogP contribution in [-0.4, -0.2) is 53.0 Å². The first kappa shape index (κ1) is 17.2. The molecule has 0 unspecified atom stereocenters. The minimum Gasteiger partial charge on any atom is -0.465 e. The number of primary amides is 1. The number of nitrogens with zero attached hydrogens (tertiary/aromatic N) is 3. The quantitative estimate of drug-likeness (QED) is 0.674. The molecule has 0 fully saturated rings. The van der Waals surface area contributed by atoms with Gasteiger partial charge in [0, 0.05) is 0 Å². The van der Waals surface area contributed by atoms with E-state index in [0.717, 1.165) is 11.7 Å². The molecule has 11 heteroatoms. The lowest BCUT2D eigenvalue weighted by atomic mass is 10.3. The molecular formula is C12H14N4O5S2. The van der Waals surface area contributed by atoms with Crippen LogP contribution >= 0.6 is 11.7 Å². The van der Waals surface area contributed by atoms with Gasteiger partial charge in [0.1, 0.15) is 22.5 Å². The van der Waals surface area contributed by atoms with Gasteiger partial charge in [0.25, 0.3) is 0 Å². The van der Waals surface area contributed by atoms with Gasteiger partial charge in [-0.3, -0.25) is 9.59 Å². The molecule has 0 aliphatic rings. The fraction of sp³-hybridized carbons (Fsp3) is 0.333. The molecule has 2 N–H and O–H groups in total. The standard InChI is InChI=1S/C12H14N4O5S2/c1-2-21-11(18)7-16(6-10(13)17)23(19,20)9-5-3-4-8-12(9)15-22-14-8/h3-5H,2,6-7H2,1H3,(H2,13,17). The number of ether oxygens (including phenoxy) is 1. The summed E-state index contributed by atoms with van der Waals surface area (Å²) in [5.41, 5.74) is 5.67. The molecule has 124 valence electrons. The number of aromatic nitrogens is 2. The molecule has 2 aromatic rings. The SMILES string of the molecule is CCOC(=O)CN(CC(N)=O)S(=O)(=O)c1cccc2nsnc12. The van der Waals surface area contributed by atoms with Crippen LogP contribution in [0.4, 0.5) is 0 Å². The van der Waals surface area contributed by atoms with E-state index in [9.17, 15) is 18.0 Å². The van der Waals surface area contributed by atoms with Crippen LogP contribution in [0, 0.1) is 0 Å². The van der Waals surface area contributed by atoms with Gasteiger partial charge in [-0.25, -0.2) is 8.42 Å². The van der Waals surface area contributed by atoms with E-state index in [1.165, 1.54) is 12.1 Å². The molecule has 0 saturated carbocycles. The summed E-state index contributed by atoms with van der Waals surface area (Å²) in [7, 11) is -4.17. The van der Waals surface area contributed by atoms with Crippen molar-refractivity contribution in [3.63, 3.8) is 0 Å². The monoisotopic (exact) mass is 358 g/mol. The third-order valence-corrected chi connectivity index (χ3v) is 5.18. The number of benzene rings is 1. The average molecular weight is 358 g/mol. The summed E-state index contributed by atoms with van der Waals surface area (Å²) in [6.07, 6.45) is 0. The highest BCUT2D eigenvalue weighted by Gasteiger charge is 2.30. The van der Waals surface area contributed by atoms with Gasteiger partial charge >= 0.3 is 5.97 Å². The second-order valence-corrected chi connectivity index (χ2v) is 6.87. The zero-order valence-electron chi connectivity index (χ0n) is 12.1. The lowest BCUT2D eigenvalue weighted by Gasteiger charge is -2.19. The second kappa shape index (κ2) is 6.98. The third kappa shape index (κ3) is 3.81. The molecule has 0 bridgehead atoms. The molecule has 1 amide bonds. The lowest BCUT2D eigenvalue weighted by Crippen LogP contribution is -2.42. The maximum Gasteiger partial charge on any atom is 0.321 e. The predicted octanol–water partition coefficient (Wildman–Crippen LogP) is -0.270. The zero-order chi connectivity index (χ0) is 17.0. The fourth-order valence-electron chi connectivity index (χ4n) is 1.88. The second-order valence-electron chi connectivity index (χ2n) is 4.43. The van der Waals surface area contributed by atoms with E-state index < -0.39 is 35.0 Å². The van der Waals surface area contributed by atoms with Crippen LogP contribution in [0.5, 0.6) is 0 Å². The number of nitrogens with two attached hydrogens (primary N) is 1. The van der Waals surface area contributed by atoms with Crippen molar-refractivity contribution in [1.29, 1.82) is 0 Å². The van der Waals surface area contributed by atoms with Crippen molar-refractivity contribution in [2.45, 2.75) is 11.8 Å². The number of amides is 1. The van der Waals surface area contributed by atoms with Crippen LogP contribution in [0.1, 0.15) is 6.92 Å². The Morgan fingerprint density at radius 3 is 2.70 bits per heavy atom. The first-order chi connectivity index (χ1) is 10.9. The van der Waals surface area contributed by atoms with Crippen LogP contribution in [0.15, 0.2) is 23.1 Å². The van der Waals surface area contributed by atoms with Crippen LogP contribution in [0.2, 0.25) is 0 Å². The van der Waals surface area contributed by atoms with Crippen LogP contribution < -0.4 is 5.73 Å². The normalized spacial score (nSPS) is 11.7. The fourth-order valence-corrected chi connectivity index (χ4v) is 3.98. The summed E-state index contributed by atoms with van der Waals surface area (Å²) < 4.78 is 38.9. The number of carbonyl (C=O) groups is 2. The van der Waals surface area contributed by atoms with E-state index >= 15 is 0 Å². The number of hydrogen-bond acceptors (Lipinski definition) is 8. The summed E-state index contributed by atoms with van der Waals surface area (Å²) >= 11 is 0.865. The van der Waals surface area contributed by atoms with Crippen molar-refractivity contribution < 1.29 is 22.7 Å². The van der Waals surface area contributed by atoms with E-state index in [-0.39, 0.29) is 17.0 Å². The minimum absolute atomic E-state index is 0.0921. The van der Waals surface area contributed by atoms with Crippen molar-refractivity contribution in [3.05, 3.63) is 18.2 Å². The Morgan fingerprint density at radius 1 is 1.30 bits per heavy atom. The Labute approximate surface area is 136 Å². The number of sulfonamides is 1. The van der Waals surface area contributed by atoms with Gasteiger partial charge in [0.15, 0.2) is 0 Å². The highest BCUT2D eigenvalue weighted by molar-refractivity contribution is 7.89. The van der Waals surface area contributed by atoms with E-state index in [1.54, 1.807) is 13.0 Å². The lowest BCUT2D eigenvalue weighted by molar-refractivity contribution is -0.143. The molecule has 0 aliphatic carbocycles. The molecule has 9 nitrogen and oxygen atoms in total. The minimum atomic E-state index is -4.17. The number of esters is 1. The Morgan fingerprint density at radius 2 is 2.04 bits per heavy atom. The number of hydrogen-bond donors (Lipinski definition) is 1. The molecule has 0 aliphatic heterocycles. The van der Waals surface area contributed by atoms with Gasteiger partial charge in [-0.05, 0) is 19.1 Å². The van der Waals surface area contributed by atoms with Crippen LogP contribution in [-0.2, 0) is 24.3 Å². The summed E-state index contributed by atoms with van der Waals surface area (Å²) in [6, 6.07) is 4.45. The third-order valence-electron chi connectivity index (χ3n) is 2.81. The number of fused-ring (bicyclic) bond motifs is 1. The summed E-state index contributed by atoms with van der Waals surface area (Å²) in [4.78, 5) is 22.7. The van der Waals surface area contributed by atoms with Gasteiger partial charge in [0.2, 0.25) is 15.9 Å². The Balaban J connectivity index is 2.44. The van der Waals surface area contributed by atoms with Gasteiger partial charge < -0.3 is 10.5 Å². The van der Waals surface area contributed by atoms with Crippen molar-refractivity contribution in [3.8, 4) is 0 Å². The summed E-state index contributed by atoms with van der Waals surface area (Å²) in [5, 5.41) is 0. The molecule has 1 heterocycles. The summed E-state index contributed by atoms with van der Waals surface area (Å²) in [6.45, 7) is 0.420. The molecular weight excluding hydrogens is 344 g/mol. The van der Waals surface area contributed by atoms with Crippen LogP contribution in [0.25, 0.3) is 11.0 Å². The van der Waals surface area contributed by atoms with Crippen molar-refractivity contribution in [2.24, 2.45) is 5.73 Å². The molecule has 0 saturated heterocycles. The summed E-state index contributed by atoms with van der Waals surface area (Å²) in [5.74, 6) is -1.66. The van der Waals surface area contributed by atoms with Gasteiger partial charge in [-0.1, -0.05) is 6.07 Å². The zero-order valence-corrected chi connectivity index (χ0v) is 13.8. The van der Waals surface area contributed by atoms with Gasteiger partial charge in [-0.2, -0.15) is 13.1 Å². The topological polar surface area (TPSA) is 133 Å². The van der Waals surface area contributed by atoms with Gasteiger partial charge in [0.05, 0.1) is 24.9 Å². The maximum absolute atomic E-state index is 12.8. The Kier molecular flexibility index (Phi) is 5.23. The molecule has 0 radical (unpaired) electrons. The first-order valence-electron chi connectivity index (χ1n) is 6.51. The molecule has 1 aromatic carbocycles. The first-order valence-corrected chi connectivity index (χ1v) is 8.68. The smallest absolute Gasteiger partial charge is 0.321 e. The average Bonchev–Trinajstić information content (AvgIpc) is 2.94. The maximum atomic E-state index is 12.8. The van der Waals surface area contributed by atoms with Gasteiger partial charge in [-0.15, -0.1) is 0 Å². The Hall–Kier alpha value is -2.11. The van der Waals surface area contributed by atoms with E-state index in [4.69, 9.17) is 10.5 Å². The Bertz CT molecular complexity index is 833. The van der Waals surface area contributed by atoms with E-state index in [2.05, 4.69) is 8.75 Å². The number of carbonyl (C=O) groups excluding carboxylic acids is 2. The molecule has 0 atom stereocenters. The van der Waals surface area contributed by atoms with Crippen LogP contribution in [0.3, 0.4) is 0 Å². The molecule has 0 spiro atoms. The molecule has 23 heavy (non-hydrogen) atoms. The highest BCUT2D eigenvalue weighted by atomic mass is 32.2. The number of rotatable bonds is 7. The van der Waals surface area contributed by atoms with Crippen molar-refractivity contribution in [2.75, 3.05) is 19.7 Å². The highest BCUT2D eigenvalue weighted by Crippen LogP contribution is 2.24. The molecule has 2 rings (SSSR count). The largest absolute Gasteiger partial charge is 0.465 e.